The van der Waals surface area contributed by atoms with Crippen molar-refractivity contribution in [2.24, 2.45) is 0 Å². The number of nitrogens with one attached hydrogen (secondary N) is 1. The molecule has 4 aromatic rings. The van der Waals surface area contributed by atoms with Crippen LogP contribution in [0.3, 0.4) is 0 Å². The molecule has 0 aliphatic carbocycles. The third-order valence-corrected chi connectivity index (χ3v) is 4.41. The molecule has 0 radical (unpaired) electrons. The van der Waals surface area contributed by atoms with Gasteiger partial charge in [0, 0.05) is 30.9 Å². The Morgan fingerprint density at radius 3 is 2.93 bits per heavy atom. The first-order valence-corrected chi connectivity index (χ1v) is 8.93. The summed E-state index contributed by atoms with van der Waals surface area (Å²) in [6, 6.07) is 11.9. The van der Waals surface area contributed by atoms with E-state index < -0.39 is 0 Å². The number of nitrogens with zero attached hydrogens (tertiary/aromatic N) is 5. The van der Waals surface area contributed by atoms with Crippen LogP contribution in [-0.2, 0) is 11.2 Å². The summed E-state index contributed by atoms with van der Waals surface area (Å²) in [5.74, 6) is 0. The lowest BCUT2D eigenvalue weighted by atomic mass is 10.1. The molecule has 3 N–H and O–H groups in total. The standard InChI is InChI=1S/C19H21N7O/c20-17-18(15-7-1-2-8-16(15)26-19(17)23-24-25-26)22-10-12-27-11-4-6-14-5-3-9-21-13-14/h1-3,5,7-9,13,22H,4,6,10-12,20H2. The molecule has 8 nitrogen and oxygen atoms in total. The van der Waals surface area contributed by atoms with E-state index in [1.807, 2.05) is 36.5 Å². The summed E-state index contributed by atoms with van der Waals surface area (Å²) in [6.07, 6.45) is 5.61. The van der Waals surface area contributed by atoms with Crippen LogP contribution in [0.4, 0.5) is 11.4 Å². The molecule has 0 saturated carbocycles. The number of anilines is 2. The molecular formula is C19H21N7O. The summed E-state index contributed by atoms with van der Waals surface area (Å²) < 4.78 is 7.39. The smallest absolute Gasteiger partial charge is 0.204 e. The number of nitrogens with two attached hydrogens (primary N) is 1. The van der Waals surface area contributed by atoms with E-state index in [4.69, 9.17) is 10.5 Å². The molecule has 0 aliphatic rings. The van der Waals surface area contributed by atoms with Crippen LogP contribution in [0.15, 0.2) is 48.8 Å². The van der Waals surface area contributed by atoms with Crippen LogP contribution in [-0.4, -0.2) is 44.8 Å². The fourth-order valence-electron chi connectivity index (χ4n) is 3.11. The number of hydrogen-bond acceptors (Lipinski definition) is 7. The lowest BCUT2D eigenvalue weighted by Crippen LogP contribution is -2.13. The van der Waals surface area contributed by atoms with E-state index in [0.29, 0.717) is 31.1 Å². The molecule has 3 aromatic heterocycles. The summed E-state index contributed by atoms with van der Waals surface area (Å²) in [4.78, 5) is 4.12. The minimum absolute atomic E-state index is 0.537. The van der Waals surface area contributed by atoms with Crippen molar-refractivity contribution in [2.45, 2.75) is 12.8 Å². The second-order valence-corrected chi connectivity index (χ2v) is 6.22. The maximum absolute atomic E-state index is 6.28. The highest BCUT2D eigenvalue weighted by molar-refractivity contribution is 6.02. The molecule has 0 amide bonds. The number of hydrogen-bond donors (Lipinski definition) is 2. The van der Waals surface area contributed by atoms with Gasteiger partial charge in [-0.05, 0) is 41.0 Å². The lowest BCUT2D eigenvalue weighted by molar-refractivity contribution is 0.141. The minimum atomic E-state index is 0.537. The van der Waals surface area contributed by atoms with E-state index in [1.165, 1.54) is 5.56 Å². The van der Waals surface area contributed by atoms with Gasteiger partial charge >= 0.3 is 0 Å². The number of para-hydroxylation sites is 1. The Bertz CT molecular complexity index is 1030. The summed E-state index contributed by atoms with van der Waals surface area (Å²) in [5.41, 5.74) is 10.3. The molecule has 0 fully saturated rings. The minimum Gasteiger partial charge on any atom is -0.394 e. The Kier molecular flexibility index (Phi) is 5.06. The van der Waals surface area contributed by atoms with E-state index >= 15 is 0 Å². The number of tetrazole rings is 1. The molecule has 0 saturated heterocycles. The van der Waals surface area contributed by atoms with Gasteiger partial charge in [0.15, 0.2) is 0 Å². The average Bonchev–Trinajstić information content (AvgIpc) is 3.21. The van der Waals surface area contributed by atoms with Crippen LogP contribution in [0.5, 0.6) is 0 Å². The van der Waals surface area contributed by atoms with Gasteiger partial charge in [0.2, 0.25) is 5.65 Å². The molecule has 8 heteroatoms. The Balaban J connectivity index is 1.34. The van der Waals surface area contributed by atoms with Gasteiger partial charge in [-0.1, -0.05) is 24.3 Å². The van der Waals surface area contributed by atoms with Crippen LogP contribution in [0.1, 0.15) is 12.0 Å². The lowest BCUT2D eigenvalue weighted by Gasteiger charge is -2.13. The van der Waals surface area contributed by atoms with Gasteiger partial charge < -0.3 is 15.8 Å². The highest BCUT2D eigenvalue weighted by Crippen LogP contribution is 2.31. The van der Waals surface area contributed by atoms with Crippen molar-refractivity contribution in [1.29, 1.82) is 0 Å². The number of benzene rings is 1. The van der Waals surface area contributed by atoms with E-state index in [-0.39, 0.29) is 0 Å². The fourth-order valence-corrected chi connectivity index (χ4v) is 3.11. The van der Waals surface area contributed by atoms with Crippen LogP contribution < -0.4 is 11.1 Å². The molecular weight excluding hydrogens is 342 g/mol. The number of ether oxygens (including phenoxy) is 1. The van der Waals surface area contributed by atoms with Gasteiger partial charge in [0.25, 0.3) is 0 Å². The Morgan fingerprint density at radius 2 is 2.04 bits per heavy atom. The second-order valence-electron chi connectivity index (χ2n) is 6.22. The van der Waals surface area contributed by atoms with Gasteiger partial charge in [-0.2, -0.15) is 4.52 Å². The van der Waals surface area contributed by atoms with Crippen molar-refractivity contribution in [3.05, 3.63) is 54.4 Å². The Morgan fingerprint density at radius 1 is 1.11 bits per heavy atom. The van der Waals surface area contributed by atoms with Crippen molar-refractivity contribution < 1.29 is 4.74 Å². The molecule has 0 spiro atoms. The third kappa shape index (κ3) is 3.65. The number of nitrogen functional groups attached to an aromatic ring is 1. The van der Waals surface area contributed by atoms with Gasteiger partial charge in [-0.15, -0.1) is 5.10 Å². The molecule has 0 aliphatic heterocycles. The van der Waals surface area contributed by atoms with Crippen LogP contribution in [0.25, 0.3) is 16.6 Å². The SMILES string of the molecule is Nc1c(NCCOCCCc2cccnc2)c2ccccc2n2nnnc12. The zero-order chi connectivity index (χ0) is 18.5. The number of fused-ring (bicyclic) bond motifs is 3. The normalized spacial score (nSPS) is 11.3. The number of aromatic nitrogens is 5. The number of pyridine rings is 2. The Labute approximate surface area is 156 Å². The topological polar surface area (TPSA) is 103 Å². The van der Waals surface area contributed by atoms with Crippen molar-refractivity contribution in [1.82, 2.24) is 25.0 Å². The molecule has 1 aromatic carbocycles. The predicted octanol–water partition coefficient (Wildman–Crippen LogP) is 2.32. The predicted molar refractivity (Wildman–Crippen MR) is 105 cm³/mol. The summed E-state index contributed by atoms with van der Waals surface area (Å²) >= 11 is 0. The molecule has 138 valence electrons. The molecule has 27 heavy (non-hydrogen) atoms. The van der Waals surface area contributed by atoms with Gasteiger partial charge in [-0.3, -0.25) is 4.98 Å². The van der Waals surface area contributed by atoms with Crippen LogP contribution in [0, 0.1) is 0 Å². The zero-order valence-corrected chi connectivity index (χ0v) is 14.9. The highest BCUT2D eigenvalue weighted by atomic mass is 16.5. The summed E-state index contributed by atoms with van der Waals surface area (Å²) in [5, 5.41) is 16.1. The van der Waals surface area contributed by atoms with Crippen molar-refractivity contribution >= 4 is 27.9 Å². The monoisotopic (exact) mass is 363 g/mol. The van der Waals surface area contributed by atoms with E-state index in [0.717, 1.165) is 29.4 Å². The average molecular weight is 363 g/mol. The quantitative estimate of drug-likeness (QED) is 0.463. The van der Waals surface area contributed by atoms with E-state index in [2.05, 4.69) is 31.9 Å². The summed E-state index contributed by atoms with van der Waals surface area (Å²) in [6.45, 7) is 1.95. The van der Waals surface area contributed by atoms with E-state index in [1.54, 1.807) is 10.7 Å². The van der Waals surface area contributed by atoms with Crippen LogP contribution in [0.2, 0.25) is 0 Å². The van der Waals surface area contributed by atoms with Crippen LogP contribution >= 0.6 is 0 Å². The number of aryl methyl sites for hydroxylation is 1. The number of rotatable bonds is 8. The highest BCUT2D eigenvalue weighted by Gasteiger charge is 2.14. The molecule has 0 unspecified atom stereocenters. The molecule has 0 bridgehead atoms. The molecule has 4 rings (SSSR count). The summed E-state index contributed by atoms with van der Waals surface area (Å²) in [7, 11) is 0. The van der Waals surface area contributed by atoms with Gasteiger partial charge in [0.1, 0.15) is 5.69 Å². The molecule has 0 atom stereocenters. The van der Waals surface area contributed by atoms with Crippen molar-refractivity contribution in [3.63, 3.8) is 0 Å². The first kappa shape index (κ1) is 17.2. The van der Waals surface area contributed by atoms with Crippen molar-refractivity contribution in [3.8, 4) is 0 Å². The fraction of sp³-hybridized carbons (Fsp3) is 0.263. The van der Waals surface area contributed by atoms with E-state index in [9.17, 15) is 0 Å². The largest absolute Gasteiger partial charge is 0.394 e. The maximum atomic E-state index is 6.28. The van der Waals surface area contributed by atoms with Crippen molar-refractivity contribution in [2.75, 3.05) is 30.8 Å². The maximum Gasteiger partial charge on any atom is 0.204 e. The first-order chi connectivity index (χ1) is 13.3. The zero-order valence-electron chi connectivity index (χ0n) is 14.9. The molecule has 3 heterocycles. The first-order valence-electron chi connectivity index (χ1n) is 8.93. The van der Waals surface area contributed by atoms with Gasteiger partial charge in [-0.25, -0.2) is 0 Å². The third-order valence-electron chi connectivity index (χ3n) is 4.41. The van der Waals surface area contributed by atoms with Gasteiger partial charge in [0.05, 0.1) is 17.8 Å². The second kappa shape index (κ2) is 7.96. The Hall–Kier alpha value is -3.26.